The lowest BCUT2D eigenvalue weighted by Crippen LogP contribution is -2.18. The third kappa shape index (κ3) is 4.74. The first kappa shape index (κ1) is 22.8. The van der Waals surface area contributed by atoms with Crippen molar-refractivity contribution in [2.24, 2.45) is 0 Å². The van der Waals surface area contributed by atoms with Crippen LogP contribution in [0.15, 0.2) is 29.8 Å². The number of benzene rings is 2. The number of carbonyl (C=O) groups excluding carboxylic acids is 1. The zero-order chi connectivity index (χ0) is 22.4. The van der Waals surface area contributed by atoms with E-state index in [9.17, 15) is 4.79 Å². The van der Waals surface area contributed by atoms with E-state index in [4.69, 9.17) is 14.7 Å². The van der Waals surface area contributed by atoms with Crippen LogP contribution in [-0.2, 0) is 4.79 Å². The van der Waals surface area contributed by atoms with Gasteiger partial charge in [0.05, 0.1) is 14.2 Å². The molecule has 0 aliphatic carbocycles. The SMILES string of the molecule is COc1c(C)c(-c2ccc(NC(C)C)cc2)c(OC)c(C)c1C=C(C)C(=O)NC#N. The minimum absolute atomic E-state index is 0.349. The number of ether oxygens (including phenoxy) is 2. The number of amides is 1. The van der Waals surface area contributed by atoms with Gasteiger partial charge in [-0.3, -0.25) is 10.1 Å². The molecule has 2 rings (SSSR count). The number of nitrogens with one attached hydrogen (secondary N) is 2. The number of hydrogen-bond acceptors (Lipinski definition) is 5. The Hall–Kier alpha value is -3.46. The van der Waals surface area contributed by atoms with Crippen LogP contribution in [0.2, 0.25) is 0 Å². The van der Waals surface area contributed by atoms with Gasteiger partial charge in [-0.1, -0.05) is 12.1 Å². The molecule has 0 spiro atoms. The van der Waals surface area contributed by atoms with Gasteiger partial charge in [-0.05, 0) is 58.4 Å². The lowest BCUT2D eigenvalue weighted by molar-refractivity contribution is -0.116. The van der Waals surface area contributed by atoms with Crippen molar-refractivity contribution < 1.29 is 14.3 Å². The molecule has 1 amide bonds. The maximum atomic E-state index is 12.0. The fourth-order valence-electron chi connectivity index (χ4n) is 3.50. The quantitative estimate of drug-likeness (QED) is 0.391. The molecule has 6 nitrogen and oxygen atoms in total. The van der Waals surface area contributed by atoms with E-state index in [2.05, 4.69) is 36.6 Å². The fraction of sp³-hybridized carbons (Fsp3) is 0.333. The maximum absolute atomic E-state index is 12.0. The molecule has 0 atom stereocenters. The van der Waals surface area contributed by atoms with Crippen LogP contribution < -0.4 is 20.1 Å². The van der Waals surface area contributed by atoms with Crippen LogP contribution in [0.3, 0.4) is 0 Å². The number of methoxy groups -OCH3 is 2. The number of rotatable bonds is 7. The lowest BCUT2D eigenvalue weighted by Gasteiger charge is -2.21. The predicted molar refractivity (Wildman–Crippen MR) is 121 cm³/mol. The third-order valence-electron chi connectivity index (χ3n) is 4.86. The summed E-state index contributed by atoms with van der Waals surface area (Å²) in [5, 5.41) is 14.2. The standard InChI is InChI=1S/C24H29N3O3/c1-14(2)27-19-10-8-18(9-11-19)21-17(5)22(29-6)20(16(4)23(21)30-7)12-15(3)24(28)26-13-25/h8-12,14,27H,1-7H3,(H,26,28). The van der Waals surface area contributed by atoms with E-state index >= 15 is 0 Å². The van der Waals surface area contributed by atoms with E-state index in [1.165, 1.54) is 0 Å². The van der Waals surface area contributed by atoms with Crippen molar-refractivity contribution in [3.63, 3.8) is 0 Å². The zero-order valence-electron chi connectivity index (χ0n) is 18.6. The van der Waals surface area contributed by atoms with Gasteiger partial charge in [0.2, 0.25) is 0 Å². The Morgan fingerprint density at radius 3 is 2.17 bits per heavy atom. The van der Waals surface area contributed by atoms with E-state index in [1.54, 1.807) is 33.4 Å². The molecule has 30 heavy (non-hydrogen) atoms. The van der Waals surface area contributed by atoms with Gasteiger partial charge in [-0.15, -0.1) is 0 Å². The molecule has 0 saturated heterocycles. The van der Waals surface area contributed by atoms with E-state index in [-0.39, 0.29) is 0 Å². The Labute approximate surface area is 178 Å². The van der Waals surface area contributed by atoms with Crippen molar-refractivity contribution in [3.8, 4) is 28.8 Å². The first-order valence-corrected chi connectivity index (χ1v) is 9.74. The summed E-state index contributed by atoms with van der Waals surface area (Å²) in [7, 11) is 3.24. The summed E-state index contributed by atoms with van der Waals surface area (Å²) in [5.74, 6) is 0.933. The highest BCUT2D eigenvalue weighted by molar-refractivity contribution is 5.99. The van der Waals surface area contributed by atoms with E-state index in [1.807, 2.05) is 26.0 Å². The molecule has 158 valence electrons. The Morgan fingerprint density at radius 2 is 1.67 bits per heavy atom. The Kier molecular flexibility index (Phi) is 7.48. The van der Waals surface area contributed by atoms with Crippen LogP contribution in [0.1, 0.15) is 37.5 Å². The molecule has 0 saturated carbocycles. The Balaban J connectivity index is 2.67. The van der Waals surface area contributed by atoms with Crippen molar-refractivity contribution in [3.05, 3.63) is 46.5 Å². The molecule has 0 aliphatic heterocycles. The number of anilines is 1. The van der Waals surface area contributed by atoms with Gasteiger partial charge < -0.3 is 14.8 Å². The average molecular weight is 408 g/mol. The summed E-state index contributed by atoms with van der Waals surface area (Å²) in [4.78, 5) is 12.0. The molecule has 0 radical (unpaired) electrons. The second kappa shape index (κ2) is 9.84. The monoisotopic (exact) mass is 407 g/mol. The normalized spacial score (nSPS) is 11.1. The second-order valence-electron chi connectivity index (χ2n) is 7.37. The maximum Gasteiger partial charge on any atom is 0.259 e. The number of nitrogens with zero attached hydrogens (tertiary/aromatic N) is 1. The first-order valence-electron chi connectivity index (χ1n) is 9.74. The number of hydrogen-bond donors (Lipinski definition) is 2. The summed E-state index contributed by atoms with van der Waals surface area (Å²) < 4.78 is 11.5. The smallest absolute Gasteiger partial charge is 0.259 e. The molecule has 2 aromatic carbocycles. The van der Waals surface area contributed by atoms with Crippen LogP contribution in [0.25, 0.3) is 17.2 Å². The highest BCUT2D eigenvalue weighted by atomic mass is 16.5. The van der Waals surface area contributed by atoms with Gasteiger partial charge in [0, 0.05) is 39.6 Å². The molecular weight excluding hydrogens is 378 g/mol. The predicted octanol–water partition coefficient (Wildman–Crippen LogP) is 4.81. The third-order valence-corrected chi connectivity index (χ3v) is 4.86. The van der Waals surface area contributed by atoms with Crippen LogP contribution in [0.4, 0.5) is 5.69 Å². The van der Waals surface area contributed by atoms with Crippen molar-refractivity contribution >= 4 is 17.7 Å². The Morgan fingerprint density at radius 1 is 1.07 bits per heavy atom. The van der Waals surface area contributed by atoms with Gasteiger partial charge in [0.25, 0.3) is 5.91 Å². The summed E-state index contributed by atoms with van der Waals surface area (Å²) in [5.41, 5.74) is 5.91. The van der Waals surface area contributed by atoms with Gasteiger partial charge in [-0.2, -0.15) is 5.26 Å². The molecule has 0 aromatic heterocycles. The van der Waals surface area contributed by atoms with Crippen molar-refractivity contribution in [2.45, 2.75) is 40.7 Å². The molecular formula is C24H29N3O3. The number of nitriles is 1. The van der Waals surface area contributed by atoms with Crippen LogP contribution in [0, 0.1) is 25.3 Å². The van der Waals surface area contributed by atoms with Crippen LogP contribution in [-0.4, -0.2) is 26.2 Å². The van der Waals surface area contributed by atoms with E-state index in [0.717, 1.165) is 39.3 Å². The van der Waals surface area contributed by atoms with Gasteiger partial charge >= 0.3 is 0 Å². The van der Waals surface area contributed by atoms with Crippen molar-refractivity contribution in [1.29, 1.82) is 5.26 Å². The molecule has 0 unspecified atom stereocenters. The molecule has 0 fully saturated rings. The van der Waals surface area contributed by atoms with Gasteiger partial charge in [0.15, 0.2) is 6.19 Å². The van der Waals surface area contributed by atoms with Gasteiger partial charge in [-0.25, -0.2) is 0 Å². The summed E-state index contributed by atoms with van der Waals surface area (Å²) in [6.07, 6.45) is 3.37. The second-order valence-corrected chi connectivity index (χ2v) is 7.37. The lowest BCUT2D eigenvalue weighted by atomic mass is 9.91. The summed E-state index contributed by atoms with van der Waals surface area (Å²) in [6, 6.07) is 8.54. The molecule has 2 N–H and O–H groups in total. The molecule has 2 aromatic rings. The Bertz CT molecular complexity index is 1000. The van der Waals surface area contributed by atoms with Crippen molar-refractivity contribution in [1.82, 2.24) is 5.32 Å². The zero-order valence-corrected chi connectivity index (χ0v) is 18.6. The highest BCUT2D eigenvalue weighted by Crippen LogP contribution is 2.44. The average Bonchev–Trinajstić information content (AvgIpc) is 2.70. The minimum atomic E-state index is -0.451. The summed E-state index contributed by atoms with van der Waals surface area (Å²) >= 11 is 0. The van der Waals surface area contributed by atoms with Gasteiger partial charge in [0.1, 0.15) is 11.5 Å². The van der Waals surface area contributed by atoms with Crippen LogP contribution >= 0.6 is 0 Å². The molecule has 0 bridgehead atoms. The van der Waals surface area contributed by atoms with E-state index in [0.29, 0.717) is 17.4 Å². The van der Waals surface area contributed by atoms with Crippen LogP contribution in [0.5, 0.6) is 11.5 Å². The summed E-state index contributed by atoms with van der Waals surface area (Å²) in [6.45, 7) is 9.75. The topological polar surface area (TPSA) is 83.4 Å². The highest BCUT2D eigenvalue weighted by Gasteiger charge is 2.22. The van der Waals surface area contributed by atoms with Crippen molar-refractivity contribution in [2.75, 3.05) is 19.5 Å². The first-order chi connectivity index (χ1) is 14.2. The van der Waals surface area contributed by atoms with E-state index < -0.39 is 5.91 Å². The largest absolute Gasteiger partial charge is 0.496 e. The minimum Gasteiger partial charge on any atom is -0.496 e. The molecule has 6 heteroatoms. The molecule has 0 heterocycles. The fourth-order valence-corrected chi connectivity index (χ4v) is 3.50. The molecule has 0 aliphatic rings. The number of carbonyl (C=O) groups is 1.